The normalized spacial score (nSPS) is 11.5. The van der Waals surface area contributed by atoms with E-state index >= 15 is 0 Å². The van der Waals surface area contributed by atoms with Gasteiger partial charge in [-0.2, -0.15) is 0 Å². The Morgan fingerprint density at radius 1 is 1.08 bits per heavy atom. The Balaban J connectivity index is 2.36. The molecule has 6 nitrogen and oxygen atoms in total. The third-order valence-electron chi connectivity index (χ3n) is 3.28. The van der Waals surface area contributed by atoms with E-state index in [0.717, 1.165) is 0 Å². The fourth-order valence-corrected chi connectivity index (χ4v) is 3.92. The molecule has 0 spiro atoms. The highest BCUT2D eigenvalue weighted by molar-refractivity contribution is 7.89. The van der Waals surface area contributed by atoms with Crippen LogP contribution in [0.1, 0.15) is 24.2 Å². The molecule has 2 aromatic carbocycles. The summed E-state index contributed by atoms with van der Waals surface area (Å²) in [6.45, 7) is 3.40. The monoisotopic (exact) mass is 416 g/mol. The molecule has 2 aromatic rings. The number of halogens is 2. The van der Waals surface area contributed by atoms with E-state index in [2.05, 4.69) is 10.0 Å². The van der Waals surface area contributed by atoms with E-state index in [9.17, 15) is 13.2 Å². The summed E-state index contributed by atoms with van der Waals surface area (Å²) in [5.74, 6) is -0.351. The molecule has 0 unspecified atom stereocenters. The van der Waals surface area contributed by atoms with Gasteiger partial charge in [0, 0.05) is 17.3 Å². The van der Waals surface area contributed by atoms with Gasteiger partial charge in [0.05, 0.1) is 17.2 Å². The highest BCUT2D eigenvalue weighted by Crippen LogP contribution is 2.27. The molecule has 0 fully saturated rings. The van der Waals surface area contributed by atoms with Crippen molar-refractivity contribution in [1.82, 2.24) is 4.72 Å². The number of benzene rings is 2. The molecule has 0 aliphatic heterocycles. The molecule has 9 heteroatoms. The first-order chi connectivity index (χ1) is 12.1. The number of ether oxygens (including phenoxy) is 1. The summed E-state index contributed by atoms with van der Waals surface area (Å²) in [7, 11) is -2.48. The van der Waals surface area contributed by atoms with Crippen LogP contribution >= 0.6 is 23.2 Å². The molecular weight excluding hydrogens is 399 g/mol. The lowest BCUT2D eigenvalue weighted by Gasteiger charge is -2.14. The van der Waals surface area contributed by atoms with Crippen molar-refractivity contribution in [2.75, 3.05) is 12.4 Å². The van der Waals surface area contributed by atoms with Crippen LogP contribution in [0.2, 0.25) is 10.0 Å². The average Bonchev–Trinajstić information content (AvgIpc) is 2.56. The molecule has 1 amide bonds. The van der Waals surface area contributed by atoms with Crippen LogP contribution in [-0.2, 0) is 10.0 Å². The molecule has 26 heavy (non-hydrogen) atoms. The molecule has 0 heterocycles. The fourth-order valence-electron chi connectivity index (χ4n) is 2.18. The number of nitrogens with one attached hydrogen (secondary N) is 2. The van der Waals surface area contributed by atoms with Gasteiger partial charge in [-0.05, 0) is 50.2 Å². The number of anilines is 1. The van der Waals surface area contributed by atoms with Gasteiger partial charge in [-0.25, -0.2) is 13.1 Å². The van der Waals surface area contributed by atoms with Crippen LogP contribution in [0.4, 0.5) is 5.69 Å². The number of hydrogen-bond acceptors (Lipinski definition) is 4. The highest BCUT2D eigenvalue weighted by Gasteiger charge is 2.22. The number of hydrogen-bond donors (Lipinski definition) is 2. The Labute approximate surface area is 162 Å². The molecule has 0 bridgehead atoms. The van der Waals surface area contributed by atoms with Crippen LogP contribution in [-0.4, -0.2) is 27.5 Å². The number of amides is 1. The van der Waals surface area contributed by atoms with E-state index in [1.165, 1.54) is 31.4 Å². The maximum Gasteiger partial charge on any atom is 0.255 e. The Bertz CT molecular complexity index is 930. The van der Waals surface area contributed by atoms with E-state index in [4.69, 9.17) is 27.9 Å². The summed E-state index contributed by atoms with van der Waals surface area (Å²) in [6, 6.07) is 8.50. The zero-order valence-electron chi connectivity index (χ0n) is 14.3. The van der Waals surface area contributed by atoms with Crippen molar-refractivity contribution in [3.05, 3.63) is 52.0 Å². The summed E-state index contributed by atoms with van der Waals surface area (Å²) in [6.07, 6.45) is 0. The Hall–Kier alpha value is -1.80. The lowest BCUT2D eigenvalue weighted by molar-refractivity contribution is 0.102. The van der Waals surface area contributed by atoms with Crippen molar-refractivity contribution in [1.29, 1.82) is 0 Å². The second-order valence-corrected chi connectivity index (χ2v) is 8.22. The van der Waals surface area contributed by atoms with Gasteiger partial charge in [-0.15, -0.1) is 0 Å². The largest absolute Gasteiger partial charge is 0.495 e. The maximum absolute atomic E-state index is 12.5. The van der Waals surface area contributed by atoms with Crippen LogP contribution < -0.4 is 14.8 Å². The minimum atomic E-state index is -3.84. The molecule has 0 aromatic heterocycles. The van der Waals surface area contributed by atoms with E-state index in [-0.39, 0.29) is 22.3 Å². The van der Waals surface area contributed by atoms with E-state index in [1.807, 2.05) is 0 Å². The molecule has 0 saturated carbocycles. The Morgan fingerprint density at radius 3 is 2.35 bits per heavy atom. The first kappa shape index (κ1) is 20.5. The number of carbonyl (C=O) groups is 1. The minimum Gasteiger partial charge on any atom is -0.495 e. The SMILES string of the molecule is COc1ccc(C(=O)Nc2ccc(Cl)c(Cl)c2)cc1S(=O)(=O)NC(C)C. The van der Waals surface area contributed by atoms with Gasteiger partial charge in [-0.3, -0.25) is 4.79 Å². The predicted molar refractivity (Wildman–Crippen MR) is 103 cm³/mol. The Kier molecular flexibility index (Phi) is 6.52. The number of carbonyl (C=O) groups excluding carboxylic acids is 1. The summed E-state index contributed by atoms with van der Waals surface area (Å²) in [5.41, 5.74) is 0.589. The lowest BCUT2D eigenvalue weighted by Crippen LogP contribution is -2.30. The van der Waals surface area contributed by atoms with Crippen LogP contribution in [0.15, 0.2) is 41.3 Å². The lowest BCUT2D eigenvalue weighted by atomic mass is 10.2. The Morgan fingerprint density at radius 2 is 1.77 bits per heavy atom. The molecule has 0 aliphatic rings. The summed E-state index contributed by atoms with van der Waals surface area (Å²) in [4.78, 5) is 12.4. The van der Waals surface area contributed by atoms with Gasteiger partial charge in [0.15, 0.2) is 0 Å². The molecular formula is C17H18Cl2N2O4S. The van der Waals surface area contributed by atoms with Gasteiger partial charge in [0.25, 0.3) is 5.91 Å². The van der Waals surface area contributed by atoms with Crippen molar-refractivity contribution in [3.63, 3.8) is 0 Å². The van der Waals surface area contributed by atoms with E-state index in [0.29, 0.717) is 15.7 Å². The summed E-state index contributed by atoms with van der Waals surface area (Å²) >= 11 is 11.8. The molecule has 140 valence electrons. The third-order valence-corrected chi connectivity index (χ3v) is 5.70. The van der Waals surface area contributed by atoms with Crippen molar-refractivity contribution >= 4 is 44.8 Å². The maximum atomic E-state index is 12.5. The number of methoxy groups -OCH3 is 1. The van der Waals surface area contributed by atoms with E-state index < -0.39 is 15.9 Å². The fraction of sp³-hybridized carbons (Fsp3) is 0.235. The van der Waals surface area contributed by atoms with Crippen molar-refractivity contribution < 1.29 is 17.9 Å². The first-order valence-electron chi connectivity index (χ1n) is 7.61. The second kappa shape index (κ2) is 8.26. The van der Waals surface area contributed by atoms with Crippen LogP contribution in [0, 0.1) is 0 Å². The highest BCUT2D eigenvalue weighted by atomic mass is 35.5. The smallest absolute Gasteiger partial charge is 0.255 e. The van der Waals surface area contributed by atoms with Crippen molar-refractivity contribution in [2.24, 2.45) is 0 Å². The molecule has 0 atom stereocenters. The van der Waals surface area contributed by atoms with Crippen molar-refractivity contribution in [2.45, 2.75) is 24.8 Å². The molecule has 2 N–H and O–H groups in total. The zero-order chi connectivity index (χ0) is 19.5. The average molecular weight is 417 g/mol. The predicted octanol–water partition coefficient (Wildman–Crippen LogP) is 3.94. The van der Waals surface area contributed by atoms with Gasteiger partial charge in [-0.1, -0.05) is 23.2 Å². The van der Waals surface area contributed by atoms with Gasteiger partial charge in [0.1, 0.15) is 10.6 Å². The summed E-state index contributed by atoms with van der Waals surface area (Å²) < 4.78 is 32.5. The topological polar surface area (TPSA) is 84.5 Å². The minimum absolute atomic E-state index is 0.115. The van der Waals surface area contributed by atoms with Gasteiger partial charge in [0.2, 0.25) is 10.0 Å². The number of sulfonamides is 1. The van der Waals surface area contributed by atoms with Crippen LogP contribution in [0.5, 0.6) is 5.75 Å². The standard InChI is InChI=1S/C17H18Cl2N2O4S/c1-10(2)21-26(23,24)16-8-11(4-7-15(16)25-3)17(22)20-12-5-6-13(18)14(19)9-12/h4-10,21H,1-3H3,(H,20,22). The van der Waals surface area contributed by atoms with E-state index in [1.54, 1.807) is 26.0 Å². The van der Waals surface area contributed by atoms with Crippen molar-refractivity contribution in [3.8, 4) is 5.75 Å². The molecule has 0 saturated heterocycles. The molecule has 0 aliphatic carbocycles. The number of rotatable bonds is 6. The third kappa shape index (κ3) is 4.88. The molecule has 2 rings (SSSR count). The van der Waals surface area contributed by atoms with Gasteiger partial charge < -0.3 is 10.1 Å². The van der Waals surface area contributed by atoms with Crippen LogP contribution in [0.25, 0.3) is 0 Å². The van der Waals surface area contributed by atoms with Gasteiger partial charge >= 0.3 is 0 Å². The van der Waals surface area contributed by atoms with Crippen LogP contribution in [0.3, 0.4) is 0 Å². The first-order valence-corrected chi connectivity index (χ1v) is 9.84. The quantitative estimate of drug-likeness (QED) is 0.746. The zero-order valence-corrected chi connectivity index (χ0v) is 16.7. The summed E-state index contributed by atoms with van der Waals surface area (Å²) in [5, 5.41) is 3.30. The second-order valence-electron chi connectivity index (χ2n) is 5.72. The molecule has 0 radical (unpaired) electrons.